The van der Waals surface area contributed by atoms with Gasteiger partial charge in [0.25, 0.3) is 0 Å². The summed E-state index contributed by atoms with van der Waals surface area (Å²) in [4.78, 5) is 2.48. The summed E-state index contributed by atoms with van der Waals surface area (Å²) >= 11 is 1.86. The zero-order valence-electron chi connectivity index (χ0n) is 30.7. The first-order chi connectivity index (χ1) is 27.8. The van der Waals surface area contributed by atoms with Crippen LogP contribution in [0.5, 0.6) is 0 Å². The summed E-state index contributed by atoms with van der Waals surface area (Å²) in [5.74, 6) is 0. The standard InChI is InChI=1S/C54H37NS/c1-5-15-38(16-6-1)41-25-27-44(28-26-41)53-50(35-36-52-54(53)47-23-13-14-24-51(47)56-52)55(46-32-29-42(30-33-46)39-17-7-2-8-18-39)49-34-31-45(40-19-9-3-10-20-40)37-48(49)43-21-11-4-12-22-43/h1-37H. The normalized spacial score (nSPS) is 11.2. The first kappa shape index (κ1) is 33.6. The molecule has 0 aliphatic carbocycles. The Kier molecular flexibility index (Phi) is 8.79. The van der Waals surface area contributed by atoms with Crippen molar-refractivity contribution in [2.75, 3.05) is 4.90 Å². The summed E-state index contributed by atoms with van der Waals surface area (Å²) in [5.41, 5.74) is 15.3. The Labute approximate surface area is 332 Å². The molecule has 2 heteroatoms. The van der Waals surface area contributed by atoms with Gasteiger partial charge in [-0.15, -0.1) is 11.3 Å². The fourth-order valence-electron chi connectivity index (χ4n) is 7.98. The van der Waals surface area contributed by atoms with Gasteiger partial charge in [0.15, 0.2) is 0 Å². The third-order valence-electron chi connectivity index (χ3n) is 10.7. The highest BCUT2D eigenvalue weighted by Gasteiger charge is 2.24. The van der Waals surface area contributed by atoms with Crippen molar-refractivity contribution in [3.8, 4) is 55.6 Å². The van der Waals surface area contributed by atoms with E-state index in [2.05, 4.69) is 229 Å². The van der Waals surface area contributed by atoms with Gasteiger partial charge in [-0.05, 0) is 87.0 Å². The summed E-state index contributed by atoms with van der Waals surface area (Å²) in [6, 6.07) is 81.4. The molecule has 1 heterocycles. The Bertz CT molecular complexity index is 2920. The number of nitrogens with zero attached hydrogens (tertiary/aromatic N) is 1. The molecule has 0 N–H and O–H groups in total. The summed E-state index contributed by atoms with van der Waals surface area (Å²) in [6.45, 7) is 0. The van der Waals surface area contributed by atoms with E-state index in [1.165, 1.54) is 75.8 Å². The number of rotatable bonds is 8. The number of fused-ring (bicyclic) bond motifs is 3. The van der Waals surface area contributed by atoms with Crippen LogP contribution in [0.4, 0.5) is 17.1 Å². The lowest BCUT2D eigenvalue weighted by Crippen LogP contribution is -2.13. The lowest BCUT2D eigenvalue weighted by atomic mass is 9.93. The molecule has 0 aliphatic heterocycles. The van der Waals surface area contributed by atoms with Crippen LogP contribution in [0.2, 0.25) is 0 Å². The van der Waals surface area contributed by atoms with Crippen molar-refractivity contribution < 1.29 is 0 Å². The van der Waals surface area contributed by atoms with Crippen molar-refractivity contribution in [1.82, 2.24) is 0 Å². The van der Waals surface area contributed by atoms with Gasteiger partial charge in [0.1, 0.15) is 0 Å². The smallest absolute Gasteiger partial charge is 0.0547 e. The molecule has 0 aliphatic rings. The lowest BCUT2D eigenvalue weighted by molar-refractivity contribution is 1.29. The van der Waals surface area contributed by atoms with Crippen molar-refractivity contribution >= 4 is 48.6 Å². The number of hydrogen-bond donors (Lipinski definition) is 0. The maximum atomic E-state index is 2.48. The monoisotopic (exact) mass is 731 g/mol. The maximum absolute atomic E-state index is 2.48. The second kappa shape index (κ2) is 14.7. The molecule has 9 aromatic carbocycles. The lowest BCUT2D eigenvalue weighted by Gasteiger charge is -2.31. The summed E-state index contributed by atoms with van der Waals surface area (Å²) < 4.78 is 2.57. The topological polar surface area (TPSA) is 3.24 Å². The Morgan fingerprint density at radius 3 is 1.36 bits per heavy atom. The SMILES string of the molecule is c1ccc(-c2ccc(-c3c(N(c4ccc(-c5ccccc5)cc4)c4ccc(-c5ccccc5)cc4-c4ccccc4)ccc4sc5ccccc5c34)cc2)cc1. The quantitative estimate of drug-likeness (QED) is 0.150. The molecular weight excluding hydrogens is 695 g/mol. The molecule has 0 amide bonds. The molecule has 0 saturated carbocycles. The highest BCUT2D eigenvalue weighted by atomic mass is 32.1. The molecule has 10 rings (SSSR count). The molecule has 264 valence electrons. The molecule has 0 saturated heterocycles. The van der Waals surface area contributed by atoms with Gasteiger partial charge in [0, 0.05) is 37.0 Å². The average molecular weight is 732 g/mol. The minimum atomic E-state index is 1.09. The van der Waals surface area contributed by atoms with Crippen molar-refractivity contribution in [3.05, 3.63) is 224 Å². The van der Waals surface area contributed by atoms with Gasteiger partial charge in [-0.1, -0.05) is 182 Å². The third kappa shape index (κ3) is 6.26. The number of hydrogen-bond acceptors (Lipinski definition) is 2. The second-order valence-corrected chi connectivity index (χ2v) is 15.2. The van der Waals surface area contributed by atoms with Crippen molar-refractivity contribution in [2.24, 2.45) is 0 Å². The molecule has 0 fully saturated rings. The summed E-state index contributed by atoms with van der Waals surface area (Å²) in [5, 5.41) is 2.56. The van der Waals surface area contributed by atoms with E-state index in [9.17, 15) is 0 Å². The zero-order valence-corrected chi connectivity index (χ0v) is 31.5. The van der Waals surface area contributed by atoms with Crippen LogP contribution in [0.3, 0.4) is 0 Å². The van der Waals surface area contributed by atoms with Crippen LogP contribution in [0, 0.1) is 0 Å². The first-order valence-corrected chi connectivity index (χ1v) is 19.9. The predicted octanol–water partition coefficient (Wildman–Crippen LogP) is 15.9. The van der Waals surface area contributed by atoms with Crippen LogP contribution in [0.25, 0.3) is 75.8 Å². The maximum Gasteiger partial charge on any atom is 0.0547 e. The van der Waals surface area contributed by atoms with Gasteiger partial charge in [-0.25, -0.2) is 0 Å². The van der Waals surface area contributed by atoms with E-state index >= 15 is 0 Å². The van der Waals surface area contributed by atoms with E-state index in [0.29, 0.717) is 0 Å². The van der Waals surface area contributed by atoms with Gasteiger partial charge in [0.2, 0.25) is 0 Å². The van der Waals surface area contributed by atoms with Crippen LogP contribution >= 0.6 is 11.3 Å². The molecule has 0 unspecified atom stereocenters. The van der Waals surface area contributed by atoms with Gasteiger partial charge in [-0.3, -0.25) is 0 Å². The summed E-state index contributed by atoms with van der Waals surface area (Å²) in [7, 11) is 0. The average Bonchev–Trinajstić information content (AvgIpc) is 3.67. The number of anilines is 3. The molecule has 0 bridgehead atoms. The molecule has 1 nitrogen and oxygen atoms in total. The zero-order chi connectivity index (χ0) is 37.3. The van der Waals surface area contributed by atoms with Gasteiger partial charge in [0.05, 0.1) is 11.4 Å². The number of thiophene rings is 1. The van der Waals surface area contributed by atoms with Gasteiger partial charge in [-0.2, -0.15) is 0 Å². The van der Waals surface area contributed by atoms with Crippen LogP contribution < -0.4 is 4.90 Å². The Balaban J connectivity index is 1.26. The van der Waals surface area contributed by atoms with E-state index in [4.69, 9.17) is 0 Å². The van der Waals surface area contributed by atoms with E-state index in [1.54, 1.807) is 0 Å². The predicted molar refractivity (Wildman–Crippen MR) is 241 cm³/mol. The van der Waals surface area contributed by atoms with Crippen molar-refractivity contribution in [2.45, 2.75) is 0 Å². The van der Waals surface area contributed by atoms with E-state index < -0.39 is 0 Å². The summed E-state index contributed by atoms with van der Waals surface area (Å²) in [6.07, 6.45) is 0. The Morgan fingerprint density at radius 1 is 0.304 bits per heavy atom. The van der Waals surface area contributed by atoms with Crippen molar-refractivity contribution in [1.29, 1.82) is 0 Å². The highest BCUT2D eigenvalue weighted by Crippen LogP contribution is 2.51. The molecule has 56 heavy (non-hydrogen) atoms. The Hall–Kier alpha value is -7.00. The fourth-order valence-corrected chi connectivity index (χ4v) is 9.09. The van der Waals surface area contributed by atoms with Gasteiger partial charge >= 0.3 is 0 Å². The number of benzene rings is 9. The molecule has 0 spiro atoms. The van der Waals surface area contributed by atoms with Crippen LogP contribution in [0.1, 0.15) is 0 Å². The molecule has 1 aromatic heterocycles. The van der Waals surface area contributed by atoms with E-state index in [-0.39, 0.29) is 0 Å². The highest BCUT2D eigenvalue weighted by molar-refractivity contribution is 7.26. The minimum Gasteiger partial charge on any atom is -0.309 e. The molecule has 0 atom stereocenters. The van der Waals surface area contributed by atoms with E-state index in [0.717, 1.165) is 17.1 Å². The molecular formula is C54H37NS. The molecule has 0 radical (unpaired) electrons. The minimum absolute atomic E-state index is 1.09. The fraction of sp³-hybridized carbons (Fsp3) is 0. The third-order valence-corrected chi connectivity index (χ3v) is 11.8. The largest absolute Gasteiger partial charge is 0.309 e. The van der Waals surface area contributed by atoms with Crippen LogP contribution in [-0.2, 0) is 0 Å². The van der Waals surface area contributed by atoms with E-state index in [1.807, 2.05) is 11.3 Å². The molecule has 10 aromatic rings. The Morgan fingerprint density at radius 2 is 0.750 bits per heavy atom. The van der Waals surface area contributed by atoms with Crippen LogP contribution in [-0.4, -0.2) is 0 Å². The second-order valence-electron chi connectivity index (χ2n) is 14.1. The van der Waals surface area contributed by atoms with Crippen LogP contribution in [0.15, 0.2) is 224 Å². The van der Waals surface area contributed by atoms with Crippen molar-refractivity contribution in [3.63, 3.8) is 0 Å². The first-order valence-electron chi connectivity index (χ1n) is 19.1. The van der Waals surface area contributed by atoms with Gasteiger partial charge < -0.3 is 4.90 Å².